The Morgan fingerprint density at radius 1 is 0.800 bits per heavy atom. The summed E-state index contributed by atoms with van der Waals surface area (Å²) in [5.74, 6) is 0. The average Bonchev–Trinajstić information content (AvgIpc) is 2.53. The molecule has 2 unspecified atom stereocenters. The van der Waals surface area contributed by atoms with Crippen LogP contribution >= 0.6 is 11.8 Å². The lowest BCUT2D eigenvalue weighted by Crippen LogP contribution is -2.40. The van der Waals surface area contributed by atoms with E-state index in [2.05, 4.69) is 83.8 Å². The van der Waals surface area contributed by atoms with E-state index >= 15 is 0 Å². The molecular weight excluding hydrogens is 262 g/mol. The maximum absolute atomic E-state index is 2.45. The number of para-hydroxylation sites is 2. The average molecular weight is 277 g/mol. The molecule has 0 bridgehead atoms. The van der Waals surface area contributed by atoms with Gasteiger partial charge in [0, 0.05) is 10.6 Å². The van der Waals surface area contributed by atoms with Gasteiger partial charge in [-0.1, -0.05) is 54.6 Å². The van der Waals surface area contributed by atoms with Crippen molar-refractivity contribution in [2.45, 2.75) is 16.2 Å². The Balaban J connectivity index is 1.89. The molecule has 0 spiro atoms. The van der Waals surface area contributed by atoms with E-state index in [-0.39, 0.29) is 0 Å². The highest BCUT2D eigenvalue weighted by atomic mass is 32.2. The van der Waals surface area contributed by atoms with Gasteiger partial charge in [-0.2, -0.15) is 0 Å². The quantitative estimate of drug-likeness (QED) is 0.737. The molecule has 0 radical (unpaired) electrons. The van der Waals surface area contributed by atoms with E-state index in [1.54, 1.807) is 0 Å². The highest BCUT2D eigenvalue weighted by Gasteiger charge is 2.33. The number of thioether (sulfide) groups is 1. The van der Waals surface area contributed by atoms with Gasteiger partial charge >= 0.3 is 0 Å². The van der Waals surface area contributed by atoms with Gasteiger partial charge in [0.05, 0.1) is 17.0 Å². The molecule has 1 nitrogen and oxygen atoms in total. The van der Waals surface area contributed by atoms with Crippen LogP contribution in [0.15, 0.2) is 83.8 Å². The van der Waals surface area contributed by atoms with Crippen LogP contribution in [0.1, 0.15) is 0 Å². The van der Waals surface area contributed by atoms with Crippen LogP contribution in [-0.2, 0) is 0 Å². The smallest absolute Gasteiger partial charge is 0.0683 e. The third-order valence-electron chi connectivity index (χ3n) is 3.78. The van der Waals surface area contributed by atoms with Crippen LogP contribution in [0, 0.1) is 0 Å². The van der Waals surface area contributed by atoms with Crippen molar-refractivity contribution >= 4 is 23.1 Å². The number of allylic oxidation sites excluding steroid dienone is 2. The number of nitrogens with zero attached hydrogens (tertiary/aromatic N) is 1. The fourth-order valence-electron chi connectivity index (χ4n) is 2.88. The van der Waals surface area contributed by atoms with Gasteiger partial charge in [0.15, 0.2) is 0 Å². The summed E-state index contributed by atoms with van der Waals surface area (Å²) in [4.78, 5) is 3.81. The molecule has 2 aromatic rings. The lowest BCUT2D eigenvalue weighted by Gasteiger charge is -2.41. The molecule has 1 aliphatic heterocycles. The minimum Gasteiger partial charge on any atom is -0.332 e. The maximum Gasteiger partial charge on any atom is 0.0683 e. The van der Waals surface area contributed by atoms with E-state index < -0.39 is 0 Å². The Morgan fingerprint density at radius 2 is 1.55 bits per heavy atom. The Labute approximate surface area is 123 Å². The zero-order chi connectivity index (χ0) is 13.4. The molecule has 2 aliphatic rings. The fourth-order valence-corrected chi connectivity index (χ4v) is 4.14. The summed E-state index contributed by atoms with van der Waals surface area (Å²) in [5.41, 5.74) is 2.57. The second-order valence-corrected chi connectivity index (χ2v) is 6.24. The van der Waals surface area contributed by atoms with Crippen LogP contribution in [-0.4, -0.2) is 11.3 Å². The Kier molecular flexibility index (Phi) is 2.89. The minimum atomic E-state index is 0.391. The zero-order valence-electron chi connectivity index (χ0n) is 11.0. The highest BCUT2D eigenvalue weighted by Crippen LogP contribution is 2.46. The highest BCUT2D eigenvalue weighted by molar-refractivity contribution is 8.00. The standard InChI is InChI=1S/C18H15NS/c1-2-8-14(9-3-1)19-15-10-4-6-12-17(15)20-18-13-7-5-11-16(18)19/h1-13,15,17H. The number of benzene rings is 2. The molecule has 0 saturated heterocycles. The zero-order valence-corrected chi connectivity index (χ0v) is 11.8. The van der Waals surface area contributed by atoms with Gasteiger partial charge in [-0.3, -0.25) is 0 Å². The van der Waals surface area contributed by atoms with Crippen LogP contribution in [0.4, 0.5) is 11.4 Å². The third kappa shape index (κ3) is 1.88. The van der Waals surface area contributed by atoms with Gasteiger partial charge < -0.3 is 4.90 Å². The summed E-state index contributed by atoms with van der Waals surface area (Å²) < 4.78 is 0. The van der Waals surface area contributed by atoms with E-state index in [1.807, 2.05) is 11.8 Å². The number of hydrogen-bond acceptors (Lipinski definition) is 2. The second-order valence-electron chi connectivity index (χ2n) is 5.02. The molecule has 0 fully saturated rings. The first kappa shape index (κ1) is 11.9. The van der Waals surface area contributed by atoms with Crippen LogP contribution in [0.5, 0.6) is 0 Å². The van der Waals surface area contributed by atoms with Gasteiger partial charge in [-0.05, 0) is 24.3 Å². The summed E-state index contributed by atoms with van der Waals surface area (Å²) in [6.07, 6.45) is 8.93. The van der Waals surface area contributed by atoms with E-state index in [9.17, 15) is 0 Å². The van der Waals surface area contributed by atoms with Gasteiger partial charge in [0.2, 0.25) is 0 Å². The number of anilines is 2. The molecule has 2 heteroatoms. The van der Waals surface area contributed by atoms with Crippen molar-refractivity contribution in [3.8, 4) is 0 Å². The van der Waals surface area contributed by atoms with E-state index in [0.29, 0.717) is 11.3 Å². The van der Waals surface area contributed by atoms with Gasteiger partial charge in [0.1, 0.15) is 0 Å². The molecule has 20 heavy (non-hydrogen) atoms. The van der Waals surface area contributed by atoms with Crippen LogP contribution in [0.25, 0.3) is 0 Å². The van der Waals surface area contributed by atoms with Crippen LogP contribution in [0.2, 0.25) is 0 Å². The molecule has 0 amide bonds. The topological polar surface area (TPSA) is 3.24 Å². The second kappa shape index (κ2) is 4.88. The Bertz CT molecular complexity index is 675. The summed E-state index contributed by atoms with van der Waals surface area (Å²) >= 11 is 1.96. The molecule has 0 saturated carbocycles. The largest absolute Gasteiger partial charge is 0.332 e. The molecule has 4 rings (SSSR count). The molecule has 98 valence electrons. The molecule has 0 aromatic heterocycles. The molecule has 1 aliphatic carbocycles. The number of hydrogen-bond donors (Lipinski definition) is 0. The van der Waals surface area contributed by atoms with Crippen molar-refractivity contribution in [2.24, 2.45) is 0 Å². The lowest BCUT2D eigenvalue weighted by atomic mass is 10.0. The van der Waals surface area contributed by atoms with Gasteiger partial charge in [0.25, 0.3) is 0 Å². The molecule has 2 atom stereocenters. The van der Waals surface area contributed by atoms with E-state index in [4.69, 9.17) is 0 Å². The first-order valence-electron chi connectivity index (χ1n) is 6.88. The summed E-state index contributed by atoms with van der Waals surface area (Å²) in [7, 11) is 0. The van der Waals surface area contributed by atoms with Gasteiger partial charge in [-0.15, -0.1) is 11.8 Å². The van der Waals surface area contributed by atoms with Crippen molar-refractivity contribution in [1.82, 2.24) is 0 Å². The van der Waals surface area contributed by atoms with Crippen molar-refractivity contribution in [3.05, 3.63) is 78.9 Å². The summed E-state index contributed by atoms with van der Waals surface area (Å²) in [6, 6.07) is 19.7. The fraction of sp³-hybridized carbons (Fsp3) is 0.111. The molecule has 1 heterocycles. The Hall–Kier alpha value is -1.93. The van der Waals surface area contributed by atoms with Gasteiger partial charge in [-0.25, -0.2) is 0 Å². The predicted octanol–water partition coefficient (Wildman–Crippen LogP) is 4.79. The monoisotopic (exact) mass is 277 g/mol. The van der Waals surface area contributed by atoms with Crippen molar-refractivity contribution in [3.63, 3.8) is 0 Å². The van der Waals surface area contributed by atoms with Crippen molar-refractivity contribution in [1.29, 1.82) is 0 Å². The lowest BCUT2D eigenvalue weighted by molar-refractivity contribution is 0.778. The first-order valence-corrected chi connectivity index (χ1v) is 7.76. The predicted molar refractivity (Wildman–Crippen MR) is 86.7 cm³/mol. The minimum absolute atomic E-state index is 0.391. The Morgan fingerprint density at radius 3 is 2.45 bits per heavy atom. The molecule has 2 aromatic carbocycles. The van der Waals surface area contributed by atoms with E-state index in [0.717, 1.165) is 0 Å². The van der Waals surface area contributed by atoms with Crippen LogP contribution < -0.4 is 4.90 Å². The van der Waals surface area contributed by atoms with E-state index in [1.165, 1.54) is 16.3 Å². The van der Waals surface area contributed by atoms with Crippen LogP contribution in [0.3, 0.4) is 0 Å². The van der Waals surface area contributed by atoms with Crippen molar-refractivity contribution < 1.29 is 0 Å². The number of rotatable bonds is 1. The maximum atomic E-state index is 2.45. The summed E-state index contributed by atoms with van der Waals surface area (Å²) in [6.45, 7) is 0. The molecular formula is C18H15NS. The molecule has 0 N–H and O–H groups in total. The number of fused-ring (bicyclic) bond motifs is 2. The SMILES string of the molecule is C1=CC2Sc3ccccc3N(c3ccccc3)C2C=C1. The third-order valence-corrected chi connectivity index (χ3v) is 5.08. The normalized spacial score (nSPS) is 23.3. The first-order chi connectivity index (χ1) is 9.93. The summed E-state index contributed by atoms with van der Waals surface area (Å²) in [5, 5.41) is 0.482. The van der Waals surface area contributed by atoms with Crippen molar-refractivity contribution in [2.75, 3.05) is 4.90 Å².